The summed E-state index contributed by atoms with van der Waals surface area (Å²) in [5.41, 5.74) is 4.37. The molecule has 1 aliphatic carbocycles. The maximum atomic E-state index is 12.9. The molecule has 36 heavy (non-hydrogen) atoms. The molecule has 2 aliphatic rings. The highest BCUT2D eigenvalue weighted by Crippen LogP contribution is 2.36. The Bertz CT molecular complexity index is 1220. The molecule has 0 atom stereocenters. The highest BCUT2D eigenvalue weighted by molar-refractivity contribution is 6.10. The number of halogens is 3. The fourth-order valence-corrected chi connectivity index (χ4v) is 4.54. The van der Waals surface area contributed by atoms with E-state index in [4.69, 9.17) is 14.6 Å². The molecule has 1 aliphatic heterocycles. The Morgan fingerprint density at radius 3 is 2.44 bits per heavy atom. The summed E-state index contributed by atoms with van der Waals surface area (Å²) in [6, 6.07) is 10.6. The van der Waals surface area contributed by atoms with E-state index in [0.717, 1.165) is 57.4 Å². The summed E-state index contributed by atoms with van der Waals surface area (Å²) in [5.74, 6) is -1.95. The number of aliphatic carboxylic acids is 1. The molecule has 1 saturated carbocycles. The van der Waals surface area contributed by atoms with Crippen LogP contribution in [0, 0.1) is 5.92 Å². The van der Waals surface area contributed by atoms with Crippen LogP contribution in [0.3, 0.4) is 0 Å². The van der Waals surface area contributed by atoms with Gasteiger partial charge in [-0.3, -0.25) is 9.69 Å². The van der Waals surface area contributed by atoms with Crippen LogP contribution in [0.25, 0.3) is 21.9 Å². The molecule has 0 bridgehead atoms. The van der Waals surface area contributed by atoms with Crippen LogP contribution in [-0.4, -0.2) is 76.6 Å². The van der Waals surface area contributed by atoms with Crippen molar-refractivity contribution in [3.05, 3.63) is 36.0 Å². The molecule has 2 fully saturated rings. The van der Waals surface area contributed by atoms with Gasteiger partial charge in [0, 0.05) is 38.6 Å². The highest BCUT2D eigenvalue weighted by atomic mass is 19.4. The molecule has 1 amide bonds. The van der Waals surface area contributed by atoms with Gasteiger partial charge in [-0.25, -0.2) is 4.79 Å². The number of aryl methyl sites for hydroxylation is 1. The minimum Gasteiger partial charge on any atom is -0.475 e. The molecule has 0 radical (unpaired) electrons. The number of fused-ring (bicyclic) bond motifs is 3. The van der Waals surface area contributed by atoms with Crippen LogP contribution < -0.4 is 5.32 Å². The van der Waals surface area contributed by atoms with E-state index in [-0.39, 0.29) is 5.91 Å². The van der Waals surface area contributed by atoms with Crippen molar-refractivity contribution >= 4 is 33.8 Å². The second kappa shape index (κ2) is 10.9. The van der Waals surface area contributed by atoms with E-state index in [1.54, 1.807) is 0 Å². The average molecular weight is 509 g/mol. The predicted molar refractivity (Wildman–Crippen MR) is 129 cm³/mol. The Morgan fingerprint density at radius 2 is 1.81 bits per heavy atom. The fourth-order valence-electron chi connectivity index (χ4n) is 4.54. The maximum absolute atomic E-state index is 12.9. The van der Waals surface area contributed by atoms with Crippen molar-refractivity contribution in [1.29, 1.82) is 0 Å². The minimum absolute atomic E-state index is 0.0210. The van der Waals surface area contributed by atoms with Gasteiger partial charge >= 0.3 is 12.1 Å². The quantitative estimate of drug-likeness (QED) is 0.476. The van der Waals surface area contributed by atoms with E-state index >= 15 is 0 Å². The van der Waals surface area contributed by atoms with Gasteiger partial charge in [0.25, 0.3) is 5.91 Å². The summed E-state index contributed by atoms with van der Waals surface area (Å²) in [6.07, 6.45) is -1.48. The average Bonchev–Trinajstić information content (AvgIpc) is 3.54. The first kappa shape index (κ1) is 26.0. The Labute approximate surface area is 206 Å². The Kier molecular flexibility index (Phi) is 7.89. The van der Waals surface area contributed by atoms with E-state index in [0.29, 0.717) is 6.54 Å². The Morgan fingerprint density at radius 1 is 1.14 bits per heavy atom. The molecule has 2 N–H and O–H groups in total. The maximum Gasteiger partial charge on any atom is 0.490 e. The van der Waals surface area contributed by atoms with E-state index < -0.39 is 12.1 Å². The summed E-state index contributed by atoms with van der Waals surface area (Å²) in [5, 5.41) is 11.5. The third-order valence-electron chi connectivity index (χ3n) is 6.61. The number of hydrogen-bond donors (Lipinski definition) is 2. The van der Waals surface area contributed by atoms with Gasteiger partial charge in [0.15, 0.2) is 0 Å². The summed E-state index contributed by atoms with van der Waals surface area (Å²) < 4.78 is 41.6. The smallest absolute Gasteiger partial charge is 0.475 e. The normalized spacial score (nSPS) is 16.7. The SMILES string of the molecule is Cn1c(C(=O)NCCCN2CCOCC2)cc2c1c1ccccc1n2CC1CC1.O=C(O)C(F)(F)F. The summed E-state index contributed by atoms with van der Waals surface area (Å²) >= 11 is 0. The molecule has 196 valence electrons. The molecular formula is C25H31F3N4O4. The molecule has 11 heteroatoms. The zero-order valence-corrected chi connectivity index (χ0v) is 20.2. The van der Waals surface area contributed by atoms with Gasteiger partial charge in [-0.05, 0) is 43.9 Å². The summed E-state index contributed by atoms with van der Waals surface area (Å²) in [7, 11) is 2.01. The van der Waals surface area contributed by atoms with Gasteiger partial charge in [0.1, 0.15) is 5.69 Å². The van der Waals surface area contributed by atoms with Crippen LogP contribution in [-0.2, 0) is 23.1 Å². The lowest BCUT2D eigenvalue weighted by Gasteiger charge is -2.26. The van der Waals surface area contributed by atoms with E-state index in [2.05, 4.69) is 49.7 Å². The standard InChI is InChI=1S/C23H30N4O2.C2HF3O2/c1-25-21(23(28)24-9-4-10-26-11-13-29-14-12-26)15-20-22(25)18-5-2-3-6-19(18)27(20)16-17-7-8-17;3-2(4,5)1(6)7/h2-3,5-6,15,17H,4,7-14,16H2,1H3,(H,24,28);(H,6,7). The van der Waals surface area contributed by atoms with Crippen molar-refractivity contribution in [3.8, 4) is 0 Å². The van der Waals surface area contributed by atoms with E-state index in [9.17, 15) is 18.0 Å². The van der Waals surface area contributed by atoms with Crippen molar-refractivity contribution in [3.63, 3.8) is 0 Å². The molecule has 3 aromatic rings. The van der Waals surface area contributed by atoms with Crippen molar-refractivity contribution in [1.82, 2.24) is 19.4 Å². The number of amides is 1. The van der Waals surface area contributed by atoms with E-state index in [1.807, 2.05) is 7.05 Å². The lowest BCUT2D eigenvalue weighted by atomic mass is 10.2. The van der Waals surface area contributed by atoms with Gasteiger partial charge in [0.2, 0.25) is 0 Å². The Balaban J connectivity index is 0.000000384. The molecule has 1 aromatic carbocycles. The zero-order valence-electron chi connectivity index (χ0n) is 20.2. The van der Waals surface area contributed by atoms with Crippen LogP contribution in [0.15, 0.2) is 30.3 Å². The van der Waals surface area contributed by atoms with Crippen molar-refractivity contribution < 1.29 is 32.6 Å². The van der Waals surface area contributed by atoms with Crippen LogP contribution >= 0.6 is 0 Å². The number of carboxylic acid groups (broad SMARTS) is 1. The van der Waals surface area contributed by atoms with Crippen molar-refractivity contribution in [2.45, 2.75) is 32.0 Å². The predicted octanol–water partition coefficient (Wildman–Crippen LogP) is 3.63. The number of carbonyl (C=O) groups excluding carboxylic acids is 1. The fraction of sp³-hybridized carbons (Fsp3) is 0.520. The minimum atomic E-state index is -5.08. The number of aromatic nitrogens is 2. The van der Waals surface area contributed by atoms with Crippen LogP contribution in [0.4, 0.5) is 13.2 Å². The molecule has 0 unspecified atom stereocenters. The van der Waals surface area contributed by atoms with Crippen molar-refractivity contribution in [2.24, 2.45) is 13.0 Å². The summed E-state index contributed by atoms with van der Waals surface area (Å²) in [4.78, 5) is 24.2. The number of alkyl halides is 3. The number of hydrogen-bond acceptors (Lipinski definition) is 4. The van der Waals surface area contributed by atoms with Crippen LogP contribution in [0.2, 0.25) is 0 Å². The molecular weight excluding hydrogens is 477 g/mol. The lowest BCUT2D eigenvalue weighted by Crippen LogP contribution is -2.38. The number of nitrogens with zero attached hydrogens (tertiary/aromatic N) is 3. The molecule has 2 aromatic heterocycles. The number of nitrogens with one attached hydrogen (secondary N) is 1. The first-order chi connectivity index (χ1) is 17.2. The number of morpholine rings is 1. The van der Waals surface area contributed by atoms with Crippen molar-refractivity contribution in [2.75, 3.05) is 39.4 Å². The van der Waals surface area contributed by atoms with Gasteiger partial charge in [-0.15, -0.1) is 0 Å². The molecule has 0 spiro atoms. The van der Waals surface area contributed by atoms with Gasteiger partial charge in [-0.2, -0.15) is 13.2 Å². The first-order valence-corrected chi connectivity index (χ1v) is 12.1. The third-order valence-corrected chi connectivity index (χ3v) is 6.61. The second-order valence-corrected chi connectivity index (χ2v) is 9.26. The van der Waals surface area contributed by atoms with Crippen LogP contribution in [0.1, 0.15) is 29.8 Å². The molecule has 5 rings (SSSR count). The molecule has 8 nitrogen and oxygen atoms in total. The number of para-hydroxylation sites is 1. The van der Waals surface area contributed by atoms with E-state index in [1.165, 1.54) is 34.8 Å². The number of ether oxygens (including phenoxy) is 1. The third kappa shape index (κ3) is 6.01. The Hall–Kier alpha value is -3.05. The topological polar surface area (TPSA) is 88.7 Å². The molecule has 1 saturated heterocycles. The van der Waals surface area contributed by atoms with Gasteiger partial charge in [0.05, 0.1) is 29.8 Å². The second-order valence-electron chi connectivity index (χ2n) is 9.26. The van der Waals surface area contributed by atoms with Crippen LogP contribution in [0.5, 0.6) is 0 Å². The number of benzene rings is 1. The van der Waals surface area contributed by atoms with Gasteiger partial charge in [-0.1, -0.05) is 18.2 Å². The lowest BCUT2D eigenvalue weighted by molar-refractivity contribution is -0.192. The zero-order chi connectivity index (χ0) is 25.9. The number of rotatable bonds is 7. The largest absolute Gasteiger partial charge is 0.490 e. The number of carboxylic acids is 1. The number of carbonyl (C=O) groups is 2. The molecule has 3 heterocycles. The summed E-state index contributed by atoms with van der Waals surface area (Å²) in [6.45, 7) is 6.39. The first-order valence-electron chi connectivity index (χ1n) is 12.1. The highest BCUT2D eigenvalue weighted by Gasteiger charge is 2.38. The monoisotopic (exact) mass is 508 g/mol. The van der Waals surface area contributed by atoms with Gasteiger partial charge < -0.3 is 24.3 Å².